The molecule has 1 aromatic carbocycles. The zero-order valence-corrected chi connectivity index (χ0v) is 11.6. The summed E-state index contributed by atoms with van der Waals surface area (Å²) in [4.78, 5) is 19.8. The van der Waals surface area contributed by atoms with Crippen molar-refractivity contribution in [2.24, 2.45) is 0 Å². The summed E-state index contributed by atoms with van der Waals surface area (Å²) in [6, 6.07) is 6.95. The Morgan fingerprint density at radius 1 is 1.35 bits per heavy atom. The Morgan fingerprint density at radius 3 is 2.75 bits per heavy atom. The number of halogens is 1. The molecule has 1 aromatic heterocycles. The number of carbonyl (C=O) groups is 1. The van der Waals surface area contributed by atoms with E-state index in [0.29, 0.717) is 10.6 Å². The molecule has 6 heteroatoms. The molecule has 2 aromatic rings. The van der Waals surface area contributed by atoms with E-state index in [1.54, 1.807) is 31.2 Å². The largest absolute Gasteiger partial charge is 0.387 e. The maximum Gasteiger partial charge on any atom is 0.271 e. The number of nitrogens with one attached hydrogen (secondary N) is 1. The van der Waals surface area contributed by atoms with Crippen LogP contribution in [0.2, 0.25) is 5.02 Å². The van der Waals surface area contributed by atoms with Crippen LogP contribution >= 0.6 is 11.6 Å². The van der Waals surface area contributed by atoms with E-state index >= 15 is 0 Å². The highest BCUT2D eigenvalue weighted by atomic mass is 35.5. The van der Waals surface area contributed by atoms with E-state index in [1.807, 2.05) is 0 Å². The number of hydrogen-bond donors (Lipinski definition) is 2. The van der Waals surface area contributed by atoms with Crippen LogP contribution in [-0.4, -0.2) is 27.5 Å². The molecule has 1 amide bonds. The van der Waals surface area contributed by atoms with E-state index in [0.717, 1.165) is 5.69 Å². The van der Waals surface area contributed by atoms with E-state index in [9.17, 15) is 9.90 Å². The van der Waals surface area contributed by atoms with Gasteiger partial charge in [-0.3, -0.25) is 9.78 Å². The van der Waals surface area contributed by atoms with Crippen molar-refractivity contribution in [1.29, 1.82) is 0 Å². The van der Waals surface area contributed by atoms with Gasteiger partial charge in [0.25, 0.3) is 5.91 Å². The molecule has 2 N–H and O–H groups in total. The summed E-state index contributed by atoms with van der Waals surface area (Å²) < 4.78 is 0. The first-order valence-electron chi connectivity index (χ1n) is 6.07. The summed E-state index contributed by atoms with van der Waals surface area (Å²) >= 11 is 5.97. The minimum atomic E-state index is -0.869. The summed E-state index contributed by atoms with van der Waals surface area (Å²) in [5.41, 5.74) is 1.52. The van der Waals surface area contributed by atoms with E-state index in [1.165, 1.54) is 12.4 Å². The van der Waals surface area contributed by atoms with Gasteiger partial charge >= 0.3 is 0 Å². The first-order valence-corrected chi connectivity index (χ1v) is 6.45. The van der Waals surface area contributed by atoms with Gasteiger partial charge in [-0.15, -0.1) is 0 Å². The molecule has 0 radical (unpaired) electrons. The highest BCUT2D eigenvalue weighted by Crippen LogP contribution is 2.21. The minimum Gasteiger partial charge on any atom is -0.387 e. The number of rotatable bonds is 4. The molecule has 0 saturated heterocycles. The molecule has 20 heavy (non-hydrogen) atoms. The van der Waals surface area contributed by atoms with Crippen molar-refractivity contribution in [3.8, 4) is 0 Å². The Bertz CT molecular complexity index is 602. The third-order valence-electron chi connectivity index (χ3n) is 2.73. The zero-order valence-electron chi connectivity index (χ0n) is 10.9. The molecule has 0 aliphatic carbocycles. The zero-order chi connectivity index (χ0) is 14.5. The van der Waals surface area contributed by atoms with Gasteiger partial charge < -0.3 is 10.4 Å². The fraction of sp³-hybridized carbons (Fsp3) is 0.214. The number of amides is 1. The second-order valence-electron chi connectivity index (χ2n) is 4.29. The van der Waals surface area contributed by atoms with E-state index in [2.05, 4.69) is 15.3 Å². The fourth-order valence-electron chi connectivity index (χ4n) is 1.65. The normalized spacial score (nSPS) is 11.9. The topological polar surface area (TPSA) is 75.1 Å². The Hall–Kier alpha value is -1.98. The van der Waals surface area contributed by atoms with E-state index in [-0.39, 0.29) is 18.1 Å². The van der Waals surface area contributed by atoms with Crippen LogP contribution in [0.25, 0.3) is 0 Å². The number of hydrogen-bond acceptors (Lipinski definition) is 4. The van der Waals surface area contributed by atoms with Crippen molar-refractivity contribution in [3.63, 3.8) is 0 Å². The smallest absolute Gasteiger partial charge is 0.271 e. The van der Waals surface area contributed by atoms with Crippen molar-refractivity contribution in [2.75, 3.05) is 6.54 Å². The average molecular weight is 292 g/mol. The summed E-state index contributed by atoms with van der Waals surface area (Å²) in [7, 11) is 0. The fourth-order valence-corrected chi connectivity index (χ4v) is 1.91. The molecule has 104 valence electrons. The maximum absolute atomic E-state index is 11.8. The molecule has 1 heterocycles. The van der Waals surface area contributed by atoms with Crippen LogP contribution in [0, 0.1) is 6.92 Å². The number of aliphatic hydroxyl groups is 1. The lowest BCUT2D eigenvalue weighted by atomic mass is 10.1. The van der Waals surface area contributed by atoms with Crippen LogP contribution < -0.4 is 5.32 Å². The van der Waals surface area contributed by atoms with Gasteiger partial charge in [-0.1, -0.05) is 29.8 Å². The molecule has 1 atom stereocenters. The SMILES string of the molecule is Cc1cnc(C(=O)NCC(O)c2ccccc2Cl)cn1. The molecule has 1 unspecified atom stereocenters. The van der Waals surface area contributed by atoms with Crippen LogP contribution in [-0.2, 0) is 0 Å². The third kappa shape index (κ3) is 3.53. The maximum atomic E-state index is 11.8. The lowest BCUT2D eigenvalue weighted by Crippen LogP contribution is -2.29. The molecule has 0 fully saturated rings. The average Bonchev–Trinajstić information content (AvgIpc) is 2.45. The number of benzene rings is 1. The lowest BCUT2D eigenvalue weighted by molar-refractivity contribution is 0.0911. The predicted molar refractivity (Wildman–Crippen MR) is 75.5 cm³/mol. The minimum absolute atomic E-state index is 0.0537. The van der Waals surface area contributed by atoms with Crippen molar-refractivity contribution >= 4 is 17.5 Å². The van der Waals surface area contributed by atoms with Gasteiger partial charge in [0.1, 0.15) is 5.69 Å². The van der Waals surface area contributed by atoms with Crippen molar-refractivity contribution in [3.05, 3.63) is 58.6 Å². The van der Waals surface area contributed by atoms with Gasteiger partial charge in [-0.05, 0) is 13.0 Å². The van der Waals surface area contributed by atoms with Crippen molar-refractivity contribution < 1.29 is 9.90 Å². The van der Waals surface area contributed by atoms with Gasteiger partial charge in [-0.25, -0.2) is 4.98 Å². The highest BCUT2D eigenvalue weighted by Gasteiger charge is 2.14. The molecular weight excluding hydrogens is 278 g/mol. The van der Waals surface area contributed by atoms with Crippen LogP contribution in [0.3, 0.4) is 0 Å². The van der Waals surface area contributed by atoms with Crippen LogP contribution in [0.5, 0.6) is 0 Å². The molecular formula is C14H14ClN3O2. The summed E-state index contributed by atoms with van der Waals surface area (Å²) in [6.45, 7) is 1.84. The number of aliphatic hydroxyl groups excluding tert-OH is 1. The Morgan fingerprint density at radius 2 is 2.10 bits per heavy atom. The standard InChI is InChI=1S/C14H14ClN3O2/c1-9-6-17-12(7-16-9)14(20)18-8-13(19)10-4-2-3-5-11(10)15/h2-7,13,19H,8H2,1H3,(H,18,20). The second kappa shape index (κ2) is 6.45. The molecule has 5 nitrogen and oxygen atoms in total. The summed E-state index contributed by atoms with van der Waals surface area (Å²) in [6.07, 6.45) is 2.04. The molecule has 0 aliphatic rings. The Kier molecular flexibility index (Phi) is 4.65. The van der Waals surface area contributed by atoms with E-state index in [4.69, 9.17) is 11.6 Å². The van der Waals surface area contributed by atoms with Gasteiger partial charge in [0.05, 0.1) is 18.0 Å². The quantitative estimate of drug-likeness (QED) is 0.902. The van der Waals surface area contributed by atoms with Gasteiger partial charge in [0.15, 0.2) is 0 Å². The predicted octanol–water partition coefficient (Wildman–Crippen LogP) is 1.90. The molecule has 0 spiro atoms. The van der Waals surface area contributed by atoms with Gasteiger partial charge in [0, 0.05) is 23.3 Å². The van der Waals surface area contributed by atoms with Crippen molar-refractivity contribution in [2.45, 2.75) is 13.0 Å². The molecule has 0 aliphatic heterocycles. The monoisotopic (exact) mass is 291 g/mol. The number of aromatic nitrogens is 2. The van der Waals surface area contributed by atoms with Crippen LogP contribution in [0.1, 0.15) is 27.8 Å². The van der Waals surface area contributed by atoms with Gasteiger partial charge in [0.2, 0.25) is 0 Å². The Balaban J connectivity index is 1.97. The summed E-state index contributed by atoms with van der Waals surface area (Å²) in [5, 5.41) is 13.1. The molecule has 0 saturated carbocycles. The van der Waals surface area contributed by atoms with Crippen LogP contribution in [0.4, 0.5) is 0 Å². The number of nitrogens with zero attached hydrogens (tertiary/aromatic N) is 2. The highest BCUT2D eigenvalue weighted by molar-refractivity contribution is 6.31. The molecule has 0 bridgehead atoms. The van der Waals surface area contributed by atoms with Crippen molar-refractivity contribution in [1.82, 2.24) is 15.3 Å². The lowest BCUT2D eigenvalue weighted by Gasteiger charge is -2.13. The number of carbonyl (C=O) groups excluding carboxylic acids is 1. The first-order chi connectivity index (χ1) is 9.58. The summed E-state index contributed by atoms with van der Waals surface area (Å²) in [5.74, 6) is -0.386. The first kappa shape index (κ1) is 14.4. The van der Waals surface area contributed by atoms with E-state index < -0.39 is 6.10 Å². The number of aryl methyl sites for hydroxylation is 1. The Labute approximate surface area is 121 Å². The third-order valence-corrected chi connectivity index (χ3v) is 3.08. The molecule has 2 rings (SSSR count). The van der Waals surface area contributed by atoms with Gasteiger partial charge in [-0.2, -0.15) is 0 Å². The van der Waals surface area contributed by atoms with Crippen LogP contribution in [0.15, 0.2) is 36.7 Å². The second-order valence-corrected chi connectivity index (χ2v) is 4.70.